The number of fused-ring (bicyclic) bond motifs is 7. The lowest BCUT2D eigenvalue weighted by Gasteiger charge is -2.25. The zero-order valence-corrected chi connectivity index (χ0v) is 11.8. The van der Waals surface area contributed by atoms with Crippen molar-refractivity contribution in [3.05, 3.63) is 34.9 Å². The van der Waals surface area contributed by atoms with E-state index in [0.717, 1.165) is 12.0 Å². The summed E-state index contributed by atoms with van der Waals surface area (Å²) in [6.07, 6.45) is 5.82. The van der Waals surface area contributed by atoms with Crippen molar-refractivity contribution in [3.63, 3.8) is 0 Å². The number of hydrogen-bond donors (Lipinski definition) is 0. The molecule has 2 saturated carbocycles. The number of carbonyl (C=O) groups is 1. The summed E-state index contributed by atoms with van der Waals surface area (Å²) >= 11 is 0. The standard InChI is InChI=1S/C17H18O3/c1-3-10-6-11-7-12(10)15-13-4-9(8-18)5-14(19-2)17(13)20-16(11)15/h3-5,8,11-12,15-16H,6-7H2,1-2H3. The number of rotatable bonds is 2. The van der Waals surface area contributed by atoms with Crippen LogP contribution in [-0.2, 0) is 0 Å². The van der Waals surface area contributed by atoms with Crippen LogP contribution in [0.15, 0.2) is 23.8 Å². The normalized spacial score (nSPS) is 34.8. The summed E-state index contributed by atoms with van der Waals surface area (Å²) in [5.41, 5.74) is 3.40. The average Bonchev–Trinajstić information content (AvgIpc) is 3.15. The molecule has 104 valence electrons. The van der Waals surface area contributed by atoms with Gasteiger partial charge in [-0.05, 0) is 37.8 Å². The molecule has 2 aliphatic carbocycles. The van der Waals surface area contributed by atoms with Crippen molar-refractivity contribution in [2.75, 3.05) is 7.11 Å². The molecule has 1 aromatic rings. The fourth-order valence-corrected chi connectivity index (χ4v) is 4.44. The zero-order valence-electron chi connectivity index (χ0n) is 11.8. The highest BCUT2D eigenvalue weighted by Gasteiger charge is 2.56. The molecule has 0 N–H and O–H groups in total. The van der Waals surface area contributed by atoms with E-state index < -0.39 is 0 Å². The number of allylic oxidation sites excluding steroid dienone is 2. The molecule has 0 amide bonds. The molecule has 0 spiro atoms. The van der Waals surface area contributed by atoms with E-state index in [9.17, 15) is 4.79 Å². The minimum absolute atomic E-state index is 0.273. The average molecular weight is 270 g/mol. The highest BCUT2D eigenvalue weighted by Crippen LogP contribution is 2.62. The second-order valence-electron chi connectivity index (χ2n) is 6.04. The lowest BCUT2D eigenvalue weighted by molar-refractivity contribution is 0.112. The first kappa shape index (κ1) is 12.0. The molecule has 3 nitrogen and oxygen atoms in total. The molecule has 0 radical (unpaired) electrons. The van der Waals surface area contributed by atoms with Gasteiger partial charge >= 0.3 is 0 Å². The number of benzene rings is 1. The van der Waals surface area contributed by atoms with Crippen LogP contribution in [0.4, 0.5) is 0 Å². The van der Waals surface area contributed by atoms with Crippen molar-refractivity contribution in [1.82, 2.24) is 0 Å². The van der Waals surface area contributed by atoms with E-state index in [0.29, 0.717) is 29.1 Å². The maximum absolute atomic E-state index is 11.1. The Morgan fingerprint density at radius 1 is 1.40 bits per heavy atom. The van der Waals surface area contributed by atoms with Crippen molar-refractivity contribution in [3.8, 4) is 11.5 Å². The topological polar surface area (TPSA) is 35.5 Å². The summed E-state index contributed by atoms with van der Waals surface area (Å²) in [5, 5.41) is 0. The molecule has 3 heteroatoms. The predicted octanol–water partition coefficient (Wildman–Crippen LogP) is 3.34. The molecule has 20 heavy (non-hydrogen) atoms. The molecule has 4 rings (SSSR count). The SMILES string of the molecule is CC=C1CC2CC1C1c3cc(C=O)cc(OC)c3OC21. The van der Waals surface area contributed by atoms with Crippen molar-refractivity contribution in [2.45, 2.75) is 31.8 Å². The number of hydrogen-bond acceptors (Lipinski definition) is 3. The number of aldehydes is 1. The maximum atomic E-state index is 11.1. The van der Waals surface area contributed by atoms with E-state index in [1.807, 2.05) is 6.07 Å². The lowest BCUT2D eigenvalue weighted by atomic mass is 9.79. The van der Waals surface area contributed by atoms with Gasteiger partial charge in [0.05, 0.1) is 7.11 Å². The third kappa shape index (κ3) is 1.38. The zero-order chi connectivity index (χ0) is 13.9. The molecule has 0 saturated heterocycles. The van der Waals surface area contributed by atoms with Crippen LogP contribution in [0.1, 0.15) is 41.6 Å². The minimum atomic E-state index is 0.273. The summed E-state index contributed by atoms with van der Waals surface area (Å²) in [6, 6.07) is 3.76. The van der Waals surface area contributed by atoms with Gasteiger partial charge in [0, 0.05) is 23.0 Å². The van der Waals surface area contributed by atoms with E-state index in [-0.39, 0.29) is 6.10 Å². The Morgan fingerprint density at radius 2 is 2.25 bits per heavy atom. The highest BCUT2D eigenvalue weighted by atomic mass is 16.5. The first-order valence-electron chi connectivity index (χ1n) is 7.25. The largest absolute Gasteiger partial charge is 0.493 e. The summed E-state index contributed by atoms with van der Waals surface area (Å²) in [5.74, 6) is 3.17. The van der Waals surface area contributed by atoms with Gasteiger partial charge in [-0.1, -0.05) is 11.6 Å². The minimum Gasteiger partial charge on any atom is -0.493 e. The van der Waals surface area contributed by atoms with E-state index in [2.05, 4.69) is 13.0 Å². The molecule has 2 bridgehead atoms. The summed E-state index contributed by atoms with van der Waals surface area (Å²) in [7, 11) is 1.63. The molecule has 1 aromatic carbocycles. The third-order valence-corrected chi connectivity index (χ3v) is 5.23. The van der Waals surface area contributed by atoms with Crippen LogP contribution < -0.4 is 9.47 Å². The Kier molecular flexibility index (Phi) is 2.47. The number of carbonyl (C=O) groups excluding carboxylic acids is 1. The molecular weight excluding hydrogens is 252 g/mol. The van der Waals surface area contributed by atoms with Gasteiger partial charge in [-0.15, -0.1) is 0 Å². The van der Waals surface area contributed by atoms with E-state index in [1.54, 1.807) is 18.7 Å². The van der Waals surface area contributed by atoms with Crippen LogP contribution in [0, 0.1) is 11.8 Å². The highest BCUT2D eigenvalue weighted by molar-refractivity contribution is 5.78. The van der Waals surface area contributed by atoms with Crippen LogP contribution >= 0.6 is 0 Å². The van der Waals surface area contributed by atoms with Crippen molar-refractivity contribution in [2.24, 2.45) is 11.8 Å². The van der Waals surface area contributed by atoms with Crippen LogP contribution in [-0.4, -0.2) is 19.5 Å². The second-order valence-corrected chi connectivity index (χ2v) is 6.04. The van der Waals surface area contributed by atoms with Gasteiger partial charge in [0.25, 0.3) is 0 Å². The molecule has 1 aliphatic heterocycles. The van der Waals surface area contributed by atoms with E-state index in [1.165, 1.54) is 18.4 Å². The fourth-order valence-electron chi connectivity index (χ4n) is 4.44. The van der Waals surface area contributed by atoms with Gasteiger partial charge in [0.1, 0.15) is 12.4 Å². The predicted molar refractivity (Wildman–Crippen MR) is 75.5 cm³/mol. The fraction of sp³-hybridized carbons (Fsp3) is 0.471. The molecule has 1 heterocycles. The first-order valence-corrected chi connectivity index (χ1v) is 7.25. The Morgan fingerprint density at radius 3 is 2.95 bits per heavy atom. The third-order valence-electron chi connectivity index (χ3n) is 5.23. The Balaban J connectivity index is 1.85. The van der Waals surface area contributed by atoms with E-state index in [4.69, 9.17) is 9.47 Å². The second kappa shape index (κ2) is 4.11. The smallest absolute Gasteiger partial charge is 0.165 e. The molecule has 0 aromatic heterocycles. The lowest BCUT2D eigenvalue weighted by Crippen LogP contribution is -2.26. The van der Waals surface area contributed by atoms with Crippen LogP contribution in [0.2, 0.25) is 0 Å². The van der Waals surface area contributed by atoms with Crippen LogP contribution in [0.3, 0.4) is 0 Å². The Hall–Kier alpha value is -1.77. The summed E-state index contributed by atoms with van der Waals surface area (Å²) in [6.45, 7) is 2.13. The summed E-state index contributed by atoms with van der Waals surface area (Å²) < 4.78 is 11.6. The van der Waals surface area contributed by atoms with Gasteiger partial charge in [-0.25, -0.2) is 0 Å². The van der Waals surface area contributed by atoms with Crippen molar-refractivity contribution >= 4 is 6.29 Å². The number of methoxy groups -OCH3 is 1. The van der Waals surface area contributed by atoms with Crippen LogP contribution in [0.5, 0.6) is 11.5 Å². The monoisotopic (exact) mass is 270 g/mol. The Bertz CT molecular complexity index is 617. The quantitative estimate of drug-likeness (QED) is 0.611. The van der Waals surface area contributed by atoms with E-state index >= 15 is 0 Å². The van der Waals surface area contributed by atoms with Crippen LogP contribution in [0.25, 0.3) is 0 Å². The van der Waals surface area contributed by atoms with Crippen molar-refractivity contribution in [1.29, 1.82) is 0 Å². The molecular formula is C17H18O3. The maximum Gasteiger partial charge on any atom is 0.165 e. The van der Waals surface area contributed by atoms with Gasteiger partial charge in [-0.2, -0.15) is 0 Å². The van der Waals surface area contributed by atoms with Gasteiger partial charge in [0.2, 0.25) is 0 Å². The molecule has 3 aliphatic rings. The Labute approximate surface area is 118 Å². The van der Waals surface area contributed by atoms with Gasteiger partial charge in [-0.3, -0.25) is 4.79 Å². The molecule has 4 atom stereocenters. The first-order chi connectivity index (χ1) is 9.76. The number of ether oxygens (including phenoxy) is 2. The molecule has 4 unspecified atom stereocenters. The van der Waals surface area contributed by atoms with Gasteiger partial charge < -0.3 is 9.47 Å². The molecule has 2 fully saturated rings. The summed E-state index contributed by atoms with van der Waals surface area (Å²) in [4.78, 5) is 11.1. The van der Waals surface area contributed by atoms with Gasteiger partial charge in [0.15, 0.2) is 11.5 Å². The van der Waals surface area contributed by atoms with Crippen molar-refractivity contribution < 1.29 is 14.3 Å².